The molecule has 0 bridgehead atoms. The molecule has 0 aliphatic heterocycles. The molecule has 0 amide bonds. The normalized spacial score (nSPS) is 11.4. The van der Waals surface area contributed by atoms with Crippen molar-refractivity contribution in [3.63, 3.8) is 0 Å². The van der Waals surface area contributed by atoms with Gasteiger partial charge in [0, 0.05) is 11.4 Å². The van der Waals surface area contributed by atoms with Crippen LogP contribution in [-0.4, -0.2) is 0 Å². The standard InChI is InChI=1S/C15H14F3N/c1-10-3-4-11(2)14(9-10)19-13-7-5-12(6-8-13)15(16,17)18/h3-9,19H,1-2H3. The number of nitrogens with one attached hydrogen (secondary N) is 1. The van der Waals surface area contributed by atoms with Crippen molar-refractivity contribution >= 4 is 11.4 Å². The van der Waals surface area contributed by atoms with Crippen molar-refractivity contribution in [1.29, 1.82) is 0 Å². The Labute approximate surface area is 110 Å². The van der Waals surface area contributed by atoms with Crippen LogP contribution in [-0.2, 0) is 6.18 Å². The molecule has 2 aromatic rings. The smallest absolute Gasteiger partial charge is 0.355 e. The van der Waals surface area contributed by atoms with Crippen LogP contribution in [0.15, 0.2) is 42.5 Å². The molecule has 0 saturated carbocycles. The molecule has 4 heteroatoms. The average Bonchev–Trinajstić information content (AvgIpc) is 2.33. The third-order valence-electron chi connectivity index (χ3n) is 2.88. The van der Waals surface area contributed by atoms with E-state index < -0.39 is 11.7 Å². The Morgan fingerprint density at radius 3 is 2.11 bits per heavy atom. The number of halogens is 3. The Balaban J connectivity index is 2.22. The van der Waals surface area contributed by atoms with E-state index in [4.69, 9.17) is 0 Å². The number of benzene rings is 2. The van der Waals surface area contributed by atoms with Gasteiger partial charge in [-0.2, -0.15) is 13.2 Å². The molecule has 0 unspecified atom stereocenters. The Bertz CT molecular complexity index is 571. The highest BCUT2D eigenvalue weighted by atomic mass is 19.4. The van der Waals surface area contributed by atoms with E-state index in [2.05, 4.69) is 5.32 Å². The van der Waals surface area contributed by atoms with Gasteiger partial charge in [-0.1, -0.05) is 12.1 Å². The van der Waals surface area contributed by atoms with E-state index in [9.17, 15) is 13.2 Å². The van der Waals surface area contributed by atoms with Crippen LogP contribution in [0.4, 0.5) is 24.5 Å². The van der Waals surface area contributed by atoms with Crippen LogP contribution in [0.1, 0.15) is 16.7 Å². The summed E-state index contributed by atoms with van der Waals surface area (Å²) in [4.78, 5) is 0. The summed E-state index contributed by atoms with van der Waals surface area (Å²) in [5.41, 5.74) is 3.05. The second-order valence-corrected chi connectivity index (χ2v) is 4.52. The quantitative estimate of drug-likeness (QED) is 0.799. The summed E-state index contributed by atoms with van der Waals surface area (Å²) < 4.78 is 37.3. The maximum absolute atomic E-state index is 12.4. The fraction of sp³-hybridized carbons (Fsp3) is 0.200. The molecular weight excluding hydrogens is 251 g/mol. The second kappa shape index (κ2) is 4.96. The van der Waals surface area contributed by atoms with Crippen LogP contribution in [0.5, 0.6) is 0 Å². The number of aryl methyl sites for hydroxylation is 2. The lowest BCUT2D eigenvalue weighted by atomic mass is 10.1. The first-order chi connectivity index (χ1) is 8.86. The monoisotopic (exact) mass is 265 g/mol. The summed E-state index contributed by atoms with van der Waals surface area (Å²) in [5.74, 6) is 0. The SMILES string of the molecule is Cc1ccc(C)c(Nc2ccc(C(F)(F)F)cc2)c1. The Hall–Kier alpha value is -1.97. The number of rotatable bonds is 2. The topological polar surface area (TPSA) is 12.0 Å². The second-order valence-electron chi connectivity index (χ2n) is 4.52. The summed E-state index contributed by atoms with van der Waals surface area (Å²) >= 11 is 0. The van der Waals surface area contributed by atoms with Crippen LogP contribution in [0.2, 0.25) is 0 Å². The number of hydrogen-bond donors (Lipinski definition) is 1. The molecule has 0 saturated heterocycles. The van der Waals surface area contributed by atoms with Crippen LogP contribution in [0.25, 0.3) is 0 Å². The lowest BCUT2D eigenvalue weighted by molar-refractivity contribution is -0.137. The molecule has 0 heterocycles. The molecule has 2 rings (SSSR count). The first kappa shape index (κ1) is 13.5. The number of hydrogen-bond acceptors (Lipinski definition) is 1. The largest absolute Gasteiger partial charge is 0.416 e. The van der Waals surface area contributed by atoms with E-state index in [-0.39, 0.29) is 0 Å². The molecule has 0 spiro atoms. The molecule has 19 heavy (non-hydrogen) atoms. The van der Waals surface area contributed by atoms with Gasteiger partial charge in [0.2, 0.25) is 0 Å². The zero-order chi connectivity index (χ0) is 14.0. The van der Waals surface area contributed by atoms with Gasteiger partial charge in [-0.15, -0.1) is 0 Å². The van der Waals surface area contributed by atoms with E-state index in [0.29, 0.717) is 5.69 Å². The van der Waals surface area contributed by atoms with Gasteiger partial charge in [0.15, 0.2) is 0 Å². The molecule has 1 N–H and O–H groups in total. The van der Waals surface area contributed by atoms with Crippen molar-refractivity contribution < 1.29 is 13.2 Å². The Kier molecular flexibility index (Phi) is 3.51. The van der Waals surface area contributed by atoms with E-state index in [1.807, 2.05) is 32.0 Å². The molecule has 0 aliphatic rings. The number of anilines is 2. The summed E-state index contributed by atoms with van der Waals surface area (Å²) in [7, 11) is 0. The summed E-state index contributed by atoms with van der Waals surface area (Å²) in [5, 5.41) is 3.12. The molecule has 0 fully saturated rings. The van der Waals surface area contributed by atoms with E-state index >= 15 is 0 Å². The van der Waals surface area contributed by atoms with Crippen molar-refractivity contribution in [2.75, 3.05) is 5.32 Å². The van der Waals surface area contributed by atoms with Gasteiger partial charge in [0.25, 0.3) is 0 Å². The molecule has 0 atom stereocenters. The zero-order valence-electron chi connectivity index (χ0n) is 10.7. The molecule has 0 aliphatic carbocycles. The summed E-state index contributed by atoms with van der Waals surface area (Å²) in [6.45, 7) is 3.92. The van der Waals surface area contributed by atoms with Crippen LogP contribution < -0.4 is 5.32 Å². The van der Waals surface area contributed by atoms with E-state index in [0.717, 1.165) is 28.9 Å². The molecular formula is C15H14F3N. The highest BCUT2D eigenvalue weighted by Crippen LogP contribution is 2.30. The predicted molar refractivity (Wildman–Crippen MR) is 70.6 cm³/mol. The number of alkyl halides is 3. The van der Waals surface area contributed by atoms with Crippen molar-refractivity contribution in [1.82, 2.24) is 0 Å². The van der Waals surface area contributed by atoms with Gasteiger partial charge in [-0.05, 0) is 55.3 Å². The minimum atomic E-state index is -4.29. The first-order valence-electron chi connectivity index (χ1n) is 5.88. The van der Waals surface area contributed by atoms with Gasteiger partial charge in [0.1, 0.15) is 0 Å². The van der Waals surface area contributed by atoms with Crippen molar-refractivity contribution in [3.8, 4) is 0 Å². The molecule has 0 aromatic heterocycles. The predicted octanol–water partition coefficient (Wildman–Crippen LogP) is 5.07. The third kappa shape index (κ3) is 3.28. The van der Waals surface area contributed by atoms with E-state index in [1.54, 1.807) is 0 Å². The fourth-order valence-electron chi connectivity index (χ4n) is 1.77. The van der Waals surface area contributed by atoms with Crippen LogP contribution in [0, 0.1) is 13.8 Å². The molecule has 0 radical (unpaired) electrons. The van der Waals surface area contributed by atoms with Gasteiger partial charge in [-0.3, -0.25) is 0 Å². The molecule has 100 valence electrons. The van der Waals surface area contributed by atoms with Gasteiger partial charge in [0.05, 0.1) is 5.56 Å². The van der Waals surface area contributed by atoms with Crippen molar-refractivity contribution in [2.24, 2.45) is 0 Å². The fourth-order valence-corrected chi connectivity index (χ4v) is 1.77. The molecule has 1 nitrogen and oxygen atoms in total. The lowest BCUT2D eigenvalue weighted by Crippen LogP contribution is -2.04. The minimum Gasteiger partial charge on any atom is -0.355 e. The molecule has 2 aromatic carbocycles. The maximum Gasteiger partial charge on any atom is 0.416 e. The summed E-state index contributed by atoms with van der Waals surface area (Å²) in [6.07, 6.45) is -4.29. The van der Waals surface area contributed by atoms with Gasteiger partial charge >= 0.3 is 6.18 Å². The minimum absolute atomic E-state index is 0.640. The average molecular weight is 265 g/mol. The van der Waals surface area contributed by atoms with Crippen molar-refractivity contribution in [2.45, 2.75) is 20.0 Å². The van der Waals surface area contributed by atoms with E-state index in [1.165, 1.54) is 12.1 Å². The third-order valence-corrected chi connectivity index (χ3v) is 2.88. The summed E-state index contributed by atoms with van der Waals surface area (Å²) in [6, 6.07) is 11.0. The zero-order valence-corrected chi connectivity index (χ0v) is 10.7. The van der Waals surface area contributed by atoms with Gasteiger partial charge in [-0.25, -0.2) is 0 Å². The van der Waals surface area contributed by atoms with Gasteiger partial charge < -0.3 is 5.32 Å². The maximum atomic E-state index is 12.4. The Morgan fingerprint density at radius 1 is 0.895 bits per heavy atom. The highest BCUT2D eigenvalue weighted by molar-refractivity contribution is 5.64. The first-order valence-corrected chi connectivity index (χ1v) is 5.88. The Morgan fingerprint density at radius 2 is 1.53 bits per heavy atom. The van der Waals surface area contributed by atoms with Crippen molar-refractivity contribution in [3.05, 3.63) is 59.2 Å². The van der Waals surface area contributed by atoms with Crippen LogP contribution in [0.3, 0.4) is 0 Å². The highest BCUT2D eigenvalue weighted by Gasteiger charge is 2.29. The lowest BCUT2D eigenvalue weighted by Gasteiger charge is -2.12. The van der Waals surface area contributed by atoms with Crippen LogP contribution >= 0.6 is 0 Å².